The Labute approximate surface area is 144 Å². The number of ether oxygens (including phenoxy) is 3. The maximum Gasteiger partial charge on any atom is 0.253 e. The molecule has 0 saturated carbocycles. The van der Waals surface area contributed by atoms with Gasteiger partial charge in [0.25, 0.3) is 5.91 Å². The highest BCUT2D eigenvalue weighted by atomic mass is 35.5. The Hall–Kier alpha value is -2.47. The molecule has 1 aliphatic rings. The molecule has 6 nitrogen and oxygen atoms in total. The topological polar surface area (TPSA) is 69.7 Å². The molecule has 1 amide bonds. The molecular weight excluding hydrogens is 332 g/mol. The number of carbonyl (C=O) groups is 1. The fraction of sp³-hybridized carbons (Fsp3) is 0.294. The average Bonchev–Trinajstić information content (AvgIpc) is 2.85. The van der Waals surface area contributed by atoms with Crippen molar-refractivity contribution in [2.24, 2.45) is 0 Å². The lowest BCUT2D eigenvalue weighted by atomic mass is 10.2. The minimum absolute atomic E-state index is 0.228. The lowest BCUT2D eigenvalue weighted by Crippen LogP contribution is -2.23. The maximum atomic E-state index is 12.2. The van der Waals surface area contributed by atoms with Crippen molar-refractivity contribution in [3.63, 3.8) is 0 Å². The van der Waals surface area contributed by atoms with Gasteiger partial charge in [-0.1, -0.05) is 11.6 Å². The van der Waals surface area contributed by atoms with Gasteiger partial charge in [0.15, 0.2) is 11.5 Å². The molecule has 3 rings (SSSR count). The third-order valence-corrected chi connectivity index (χ3v) is 3.80. The normalized spacial score (nSPS) is 13.1. The summed E-state index contributed by atoms with van der Waals surface area (Å²) in [5.41, 5.74) is 1.29. The summed E-state index contributed by atoms with van der Waals surface area (Å²) in [4.78, 5) is 16.2. The van der Waals surface area contributed by atoms with E-state index in [2.05, 4.69) is 10.3 Å². The van der Waals surface area contributed by atoms with Gasteiger partial charge in [0.05, 0.1) is 30.9 Å². The number of nitrogens with one attached hydrogen (secondary N) is 1. The third kappa shape index (κ3) is 3.71. The minimum atomic E-state index is -0.228. The van der Waals surface area contributed by atoms with E-state index in [0.29, 0.717) is 47.7 Å². The molecule has 0 spiro atoms. The van der Waals surface area contributed by atoms with Crippen LogP contribution in [0.1, 0.15) is 22.3 Å². The molecule has 1 aromatic carbocycles. The quantitative estimate of drug-likeness (QED) is 0.920. The van der Waals surface area contributed by atoms with E-state index in [1.807, 2.05) is 6.07 Å². The number of hydrogen-bond donors (Lipinski definition) is 1. The number of aromatic nitrogens is 1. The molecule has 0 fully saturated rings. The zero-order valence-electron chi connectivity index (χ0n) is 13.2. The van der Waals surface area contributed by atoms with Gasteiger partial charge < -0.3 is 19.5 Å². The van der Waals surface area contributed by atoms with Gasteiger partial charge in [-0.05, 0) is 23.8 Å². The zero-order chi connectivity index (χ0) is 16.9. The molecule has 0 aliphatic carbocycles. The minimum Gasteiger partial charge on any atom is -0.489 e. The third-order valence-electron chi connectivity index (χ3n) is 3.52. The largest absolute Gasteiger partial charge is 0.489 e. The molecule has 0 radical (unpaired) electrons. The summed E-state index contributed by atoms with van der Waals surface area (Å²) in [6, 6.07) is 6.89. The molecule has 0 saturated heterocycles. The summed E-state index contributed by atoms with van der Waals surface area (Å²) in [7, 11) is 1.52. The molecule has 2 aromatic rings. The van der Waals surface area contributed by atoms with E-state index in [9.17, 15) is 4.79 Å². The monoisotopic (exact) mass is 348 g/mol. The molecule has 24 heavy (non-hydrogen) atoms. The van der Waals surface area contributed by atoms with Crippen LogP contribution >= 0.6 is 11.6 Å². The smallest absolute Gasteiger partial charge is 0.253 e. The standard InChI is InChI=1S/C17H17ClN2O4/c1-22-15-4-3-12(10-19-15)17(21)20-9-11-7-13(18)16-14(8-11)23-5-2-6-24-16/h3-4,7-8,10H,2,5-6,9H2,1H3,(H,20,21). The van der Waals surface area contributed by atoms with Crippen molar-refractivity contribution in [2.45, 2.75) is 13.0 Å². The molecule has 1 N–H and O–H groups in total. The average molecular weight is 349 g/mol. The van der Waals surface area contributed by atoms with Gasteiger partial charge >= 0.3 is 0 Å². The second-order valence-corrected chi connectivity index (χ2v) is 5.63. The van der Waals surface area contributed by atoms with Gasteiger partial charge in [-0.2, -0.15) is 0 Å². The van der Waals surface area contributed by atoms with E-state index in [1.54, 1.807) is 18.2 Å². The Morgan fingerprint density at radius 3 is 2.92 bits per heavy atom. The number of carbonyl (C=O) groups excluding carboxylic acids is 1. The van der Waals surface area contributed by atoms with E-state index >= 15 is 0 Å². The number of hydrogen-bond acceptors (Lipinski definition) is 5. The number of amides is 1. The van der Waals surface area contributed by atoms with Crippen LogP contribution in [0.2, 0.25) is 5.02 Å². The lowest BCUT2D eigenvalue weighted by Gasteiger charge is -2.12. The second kappa shape index (κ2) is 7.40. The van der Waals surface area contributed by atoms with Crippen molar-refractivity contribution in [1.29, 1.82) is 0 Å². The van der Waals surface area contributed by atoms with Gasteiger partial charge in [0.2, 0.25) is 5.88 Å². The highest BCUT2D eigenvalue weighted by Crippen LogP contribution is 2.37. The Kier molecular flexibility index (Phi) is 5.05. The van der Waals surface area contributed by atoms with Crippen molar-refractivity contribution >= 4 is 17.5 Å². The van der Waals surface area contributed by atoms with E-state index < -0.39 is 0 Å². The van der Waals surface area contributed by atoms with Gasteiger partial charge in [-0.3, -0.25) is 4.79 Å². The summed E-state index contributed by atoms with van der Waals surface area (Å²) in [6.45, 7) is 1.48. The van der Waals surface area contributed by atoms with Crippen LogP contribution in [-0.2, 0) is 6.54 Å². The summed E-state index contributed by atoms with van der Waals surface area (Å²) in [6.07, 6.45) is 2.27. The first kappa shape index (κ1) is 16.4. The highest BCUT2D eigenvalue weighted by molar-refractivity contribution is 6.32. The number of halogens is 1. The van der Waals surface area contributed by atoms with Crippen LogP contribution < -0.4 is 19.5 Å². The van der Waals surface area contributed by atoms with E-state index in [1.165, 1.54) is 13.3 Å². The number of methoxy groups -OCH3 is 1. The van der Waals surface area contributed by atoms with Crippen molar-refractivity contribution in [1.82, 2.24) is 10.3 Å². The molecule has 2 heterocycles. The first-order valence-electron chi connectivity index (χ1n) is 7.53. The summed E-state index contributed by atoms with van der Waals surface area (Å²) in [5, 5.41) is 3.30. The SMILES string of the molecule is COc1ccc(C(=O)NCc2cc(Cl)c3c(c2)OCCCO3)cn1. The fourth-order valence-electron chi connectivity index (χ4n) is 2.31. The van der Waals surface area contributed by atoms with E-state index in [4.69, 9.17) is 25.8 Å². The van der Waals surface area contributed by atoms with Crippen LogP contribution in [0.4, 0.5) is 0 Å². The number of pyridine rings is 1. The highest BCUT2D eigenvalue weighted by Gasteiger charge is 2.16. The van der Waals surface area contributed by atoms with Crippen molar-refractivity contribution in [2.75, 3.05) is 20.3 Å². The Balaban J connectivity index is 1.68. The molecule has 1 aliphatic heterocycles. The van der Waals surface area contributed by atoms with E-state index in [0.717, 1.165) is 12.0 Å². The Morgan fingerprint density at radius 1 is 1.33 bits per heavy atom. The fourth-order valence-corrected chi connectivity index (χ4v) is 2.59. The summed E-state index contributed by atoms with van der Waals surface area (Å²) >= 11 is 6.24. The first-order chi connectivity index (χ1) is 11.7. The van der Waals surface area contributed by atoms with Gasteiger partial charge in [-0.25, -0.2) is 4.98 Å². The van der Waals surface area contributed by atoms with Crippen LogP contribution in [-0.4, -0.2) is 31.2 Å². The van der Waals surface area contributed by atoms with Gasteiger partial charge in [0, 0.05) is 25.2 Å². The Morgan fingerprint density at radius 2 is 2.17 bits per heavy atom. The zero-order valence-corrected chi connectivity index (χ0v) is 13.9. The molecule has 0 atom stereocenters. The second-order valence-electron chi connectivity index (χ2n) is 5.23. The number of rotatable bonds is 4. The van der Waals surface area contributed by atoms with Crippen LogP contribution in [0.25, 0.3) is 0 Å². The summed E-state index contributed by atoms with van der Waals surface area (Å²) < 4.78 is 16.2. The first-order valence-corrected chi connectivity index (χ1v) is 7.91. The van der Waals surface area contributed by atoms with Crippen molar-refractivity contribution in [3.05, 3.63) is 46.6 Å². The number of fused-ring (bicyclic) bond motifs is 1. The predicted molar refractivity (Wildman–Crippen MR) is 89.0 cm³/mol. The van der Waals surface area contributed by atoms with Crippen LogP contribution in [0.15, 0.2) is 30.5 Å². The molecule has 0 unspecified atom stereocenters. The summed E-state index contributed by atoms with van der Waals surface area (Å²) in [5.74, 6) is 1.40. The van der Waals surface area contributed by atoms with Gasteiger partial charge in [0.1, 0.15) is 0 Å². The van der Waals surface area contributed by atoms with Crippen LogP contribution in [0.5, 0.6) is 17.4 Å². The van der Waals surface area contributed by atoms with E-state index in [-0.39, 0.29) is 5.91 Å². The molecule has 126 valence electrons. The molecular formula is C17H17ClN2O4. The maximum absolute atomic E-state index is 12.2. The van der Waals surface area contributed by atoms with Crippen LogP contribution in [0, 0.1) is 0 Å². The van der Waals surface area contributed by atoms with Crippen molar-refractivity contribution < 1.29 is 19.0 Å². The number of benzene rings is 1. The lowest BCUT2D eigenvalue weighted by molar-refractivity contribution is 0.0950. The number of nitrogens with zero attached hydrogens (tertiary/aromatic N) is 1. The molecule has 1 aromatic heterocycles. The molecule has 0 bridgehead atoms. The molecule has 7 heteroatoms. The van der Waals surface area contributed by atoms with Gasteiger partial charge in [-0.15, -0.1) is 0 Å². The van der Waals surface area contributed by atoms with Crippen molar-refractivity contribution in [3.8, 4) is 17.4 Å². The van der Waals surface area contributed by atoms with Crippen LogP contribution in [0.3, 0.4) is 0 Å². The predicted octanol–water partition coefficient (Wildman–Crippen LogP) is 2.83. The Bertz CT molecular complexity index is 734.